The van der Waals surface area contributed by atoms with Crippen LogP contribution < -0.4 is 15.6 Å². The molecular formula is C29H28N6O3. The molecule has 1 saturated heterocycles. The number of benzene rings is 2. The van der Waals surface area contributed by atoms with Crippen molar-refractivity contribution < 1.29 is 9.53 Å². The number of carbonyl (C=O) groups is 1. The van der Waals surface area contributed by atoms with Crippen molar-refractivity contribution in [3.63, 3.8) is 0 Å². The molecule has 9 heteroatoms. The zero-order chi connectivity index (χ0) is 26.1. The van der Waals surface area contributed by atoms with Gasteiger partial charge in [-0.1, -0.05) is 24.3 Å². The summed E-state index contributed by atoms with van der Waals surface area (Å²) in [4.78, 5) is 27.7. The number of aryl methyl sites for hydroxylation is 1. The van der Waals surface area contributed by atoms with Crippen LogP contribution in [0, 0.1) is 6.92 Å². The molecule has 0 saturated carbocycles. The largest absolute Gasteiger partial charge is 0.491 e. The molecule has 2 aromatic carbocycles. The van der Waals surface area contributed by atoms with Gasteiger partial charge in [-0.3, -0.25) is 14.5 Å². The van der Waals surface area contributed by atoms with E-state index in [1.54, 1.807) is 23.0 Å². The maximum Gasteiger partial charge on any atom is 0.272 e. The summed E-state index contributed by atoms with van der Waals surface area (Å²) in [5, 5.41) is 15.6. The predicted octanol–water partition coefficient (Wildman–Crippen LogP) is 4.27. The van der Waals surface area contributed by atoms with Crippen molar-refractivity contribution in [3.05, 3.63) is 88.5 Å². The summed E-state index contributed by atoms with van der Waals surface area (Å²) < 4.78 is 7.58. The summed E-state index contributed by atoms with van der Waals surface area (Å²) in [5.74, 6) is 0.476. The third-order valence-electron chi connectivity index (χ3n) is 7.04. The molecule has 9 nitrogen and oxygen atoms in total. The molecule has 3 aromatic heterocycles. The molecule has 0 radical (unpaired) electrons. The summed E-state index contributed by atoms with van der Waals surface area (Å²) in [6.07, 6.45) is 5.89. The topological polar surface area (TPSA) is 105 Å². The number of nitrogens with zero attached hydrogens (tertiary/aromatic N) is 4. The molecule has 6 rings (SSSR count). The Labute approximate surface area is 219 Å². The Hall–Kier alpha value is -4.50. The predicted molar refractivity (Wildman–Crippen MR) is 147 cm³/mol. The molecule has 0 spiro atoms. The number of anilines is 1. The number of aromatic nitrogens is 4. The Morgan fingerprint density at radius 3 is 2.71 bits per heavy atom. The van der Waals surface area contributed by atoms with Gasteiger partial charge in [0.15, 0.2) is 0 Å². The van der Waals surface area contributed by atoms with E-state index in [1.165, 1.54) is 12.8 Å². The summed E-state index contributed by atoms with van der Waals surface area (Å²) in [7, 11) is 0. The number of nitrogens with one attached hydrogen (secondary N) is 2. The molecule has 4 heterocycles. The molecular weight excluding hydrogens is 480 g/mol. The molecule has 0 unspecified atom stereocenters. The van der Waals surface area contributed by atoms with E-state index in [4.69, 9.17) is 4.74 Å². The van der Waals surface area contributed by atoms with Crippen LogP contribution in [0.5, 0.6) is 5.75 Å². The second-order valence-corrected chi connectivity index (χ2v) is 9.58. The molecule has 1 fully saturated rings. The van der Waals surface area contributed by atoms with Gasteiger partial charge in [-0.2, -0.15) is 10.2 Å². The molecule has 1 aliphatic rings. The standard InChI is InChI=1S/C29H28N6O3/c1-19-16-20(8-10-22(19)27-23-6-2-3-7-24(23)29(37)33-32-27)31-28(36)25-17-30-35-18-21(9-11-26(25)35)38-15-14-34-12-4-5-13-34/h2-3,6-11,16-18H,4-5,12-15H2,1H3,(H,31,36)(H,33,37). The fourth-order valence-corrected chi connectivity index (χ4v) is 5.05. The van der Waals surface area contributed by atoms with Crippen molar-refractivity contribution in [1.82, 2.24) is 24.7 Å². The summed E-state index contributed by atoms with van der Waals surface area (Å²) in [5.41, 5.74) is 4.10. The fourth-order valence-electron chi connectivity index (χ4n) is 5.05. The van der Waals surface area contributed by atoms with Gasteiger partial charge in [-0.05, 0) is 68.8 Å². The Bertz CT molecular complexity index is 1700. The average molecular weight is 509 g/mol. The second-order valence-electron chi connectivity index (χ2n) is 9.58. The van der Waals surface area contributed by atoms with Crippen molar-refractivity contribution in [2.24, 2.45) is 0 Å². The number of fused-ring (bicyclic) bond motifs is 2. The Kier molecular flexibility index (Phi) is 6.35. The number of amides is 1. The monoisotopic (exact) mass is 508 g/mol. The van der Waals surface area contributed by atoms with E-state index in [-0.39, 0.29) is 11.5 Å². The van der Waals surface area contributed by atoms with Crippen LogP contribution in [0.3, 0.4) is 0 Å². The van der Waals surface area contributed by atoms with Gasteiger partial charge in [0.25, 0.3) is 11.5 Å². The zero-order valence-electron chi connectivity index (χ0n) is 21.1. The first-order valence-electron chi connectivity index (χ1n) is 12.8. The molecule has 0 aliphatic carbocycles. The average Bonchev–Trinajstić information content (AvgIpc) is 3.60. The van der Waals surface area contributed by atoms with Gasteiger partial charge >= 0.3 is 0 Å². The van der Waals surface area contributed by atoms with E-state index in [2.05, 4.69) is 25.5 Å². The minimum absolute atomic E-state index is 0.222. The van der Waals surface area contributed by atoms with Crippen LogP contribution in [-0.4, -0.2) is 56.9 Å². The van der Waals surface area contributed by atoms with Crippen molar-refractivity contribution in [2.75, 3.05) is 31.6 Å². The lowest BCUT2D eigenvalue weighted by molar-refractivity contribution is 0.102. The van der Waals surface area contributed by atoms with Crippen LogP contribution in [0.2, 0.25) is 0 Å². The minimum Gasteiger partial charge on any atom is -0.491 e. The van der Waals surface area contributed by atoms with Gasteiger partial charge in [-0.25, -0.2) is 9.61 Å². The molecule has 0 bridgehead atoms. The number of hydrogen-bond acceptors (Lipinski definition) is 6. The maximum absolute atomic E-state index is 13.1. The van der Waals surface area contributed by atoms with Gasteiger partial charge < -0.3 is 10.1 Å². The zero-order valence-corrected chi connectivity index (χ0v) is 21.1. The number of likely N-dealkylation sites (tertiary alicyclic amines) is 1. The van der Waals surface area contributed by atoms with Gasteiger partial charge in [-0.15, -0.1) is 0 Å². The number of hydrogen-bond donors (Lipinski definition) is 2. The van der Waals surface area contributed by atoms with Crippen LogP contribution in [0.25, 0.3) is 27.5 Å². The van der Waals surface area contributed by atoms with E-state index < -0.39 is 0 Å². The summed E-state index contributed by atoms with van der Waals surface area (Å²) >= 11 is 0. The maximum atomic E-state index is 13.1. The molecule has 0 atom stereocenters. The van der Waals surface area contributed by atoms with Crippen molar-refractivity contribution in [3.8, 4) is 17.0 Å². The van der Waals surface area contributed by atoms with Crippen LogP contribution in [0.4, 0.5) is 5.69 Å². The molecule has 5 aromatic rings. The van der Waals surface area contributed by atoms with Gasteiger partial charge in [0.1, 0.15) is 12.4 Å². The van der Waals surface area contributed by atoms with Crippen molar-refractivity contribution >= 4 is 27.9 Å². The quantitative estimate of drug-likeness (QED) is 0.340. The third kappa shape index (κ3) is 4.64. The normalized spacial score (nSPS) is 13.8. The lowest BCUT2D eigenvalue weighted by Crippen LogP contribution is -2.25. The highest BCUT2D eigenvalue weighted by molar-refractivity contribution is 6.09. The molecule has 2 N–H and O–H groups in total. The highest BCUT2D eigenvalue weighted by Crippen LogP contribution is 2.29. The molecule has 38 heavy (non-hydrogen) atoms. The van der Waals surface area contributed by atoms with Crippen molar-refractivity contribution in [1.29, 1.82) is 0 Å². The lowest BCUT2D eigenvalue weighted by atomic mass is 10.0. The van der Waals surface area contributed by atoms with E-state index in [0.717, 1.165) is 41.9 Å². The van der Waals surface area contributed by atoms with Crippen LogP contribution in [0.15, 0.2) is 71.8 Å². The second kappa shape index (κ2) is 10.1. The van der Waals surface area contributed by atoms with Crippen LogP contribution >= 0.6 is 0 Å². The van der Waals surface area contributed by atoms with Crippen LogP contribution in [0.1, 0.15) is 28.8 Å². The van der Waals surface area contributed by atoms with Crippen molar-refractivity contribution in [2.45, 2.75) is 19.8 Å². The molecule has 192 valence electrons. The number of rotatable bonds is 7. The van der Waals surface area contributed by atoms with E-state index in [1.807, 2.05) is 55.5 Å². The first kappa shape index (κ1) is 23.9. The number of H-pyrrole nitrogens is 1. The highest BCUT2D eigenvalue weighted by Gasteiger charge is 2.16. The number of pyridine rings is 1. The highest BCUT2D eigenvalue weighted by atomic mass is 16.5. The number of ether oxygens (including phenoxy) is 1. The van der Waals surface area contributed by atoms with E-state index in [0.29, 0.717) is 34.5 Å². The summed E-state index contributed by atoms with van der Waals surface area (Å²) in [6, 6.07) is 16.7. The Morgan fingerprint density at radius 1 is 1.08 bits per heavy atom. The van der Waals surface area contributed by atoms with Gasteiger partial charge in [0.05, 0.1) is 34.6 Å². The lowest BCUT2D eigenvalue weighted by Gasteiger charge is -2.14. The fraction of sp³-hybridized carbons (Fsp3) is 0.241. The Morgan fingerprint density at radius 2 is 1.89 bits per heavy atom. The van der Waals surface area contributed by atoms with Gasteiger partial charge in [0.2, 0.25) is 0 Å². The van der Waals surface area contributed by atoms with E-state index >= 15 is 0 Å². The smallest absolute Gasteiger partial charge is 0.272 e. The molecule has 1 aliphatic heterocycles. The minimum atomic E-state index is -0.248. The van der Waals surface area contributed by atoms with E-state index in [9.17, 15) is 9.59 Å². The summed E-state index contributed by atoms with van der Waals surface area (Å²) in [6.45, 7) is 5.77. The number of aromatic amines is 1. The third-order valence-corrected chi connectivity index (χ3v) is 7.04. The Balaban J connectivity index is 1.18. The SMILES string of the molecule is Cc1cc(NC(=O)c2cnn3cc(OCCN4CCCC4)ccc23)ccc1-c1n[nH]c(=O)c2ccccc12. The first-order valence-corrected chi connectivity index (χ1v) is 12.8. The first-order chi connectivity index (χ1) is 18.6. The molecule has 1 amide bonds. The number of carbonyl (C=O) groups excluding carboxylic acids is 1. The van der Waals surface area contributed by atoms with Crippen LogP contribution in [-0.2, 0) is 0 Å². The van der Waals surface area contributed by atoms with Gasteiger partial charge in [0, 0.05) is 23.2 Å².